The summed E-state index contributed by atoms with van der Waals surface area (Å²) in [5.74, 6) is 0.655. The zero-order chi connectivity index (χ0) is 10.7. The predicted octanol–water partition coefficient (Wildman–Crippen LogP) is 0.589. The average molecular weight is 228 g/mol. The van der Waals surface area contributed by atoms with Gasteiger partial charge in [-0.2, -0.15) is 0 Å². The molecule has 2 N–H and O–H groups in total. The Morgan fingerprint density at radius 2 is 2.53 bits per heavy atom. The summed E-state index contributed by atoms with van der Waals surface area (Å²) in [5.41, 5.74) is 6.67. The highest BCUT2D eigenvalue weighted by molar-refractivity contribution is 7.09. The van der Waals surface area contributed by atoms with E-state index in [0.29, 0.717) is 5.92 Å². The number of hydrogen-bond donors (Lipinski definition) is 1. The Morgan fingerprint density at radius 1 is 1.67 bits per heavy atom. The summed E-state index contributed by atoms with van der Waals surface area (Å²) in [6.45, 7) is 3.85. The van der Waals surface area contributed by atoms with E-state index in [1.165, 1.54) is 18.0 Å². The van der Waals surface area contributed by atoms with E-state index < -0.39 is 0 Å². The van der Waals surface area contributed by atoms with Crippen LogP contribution in [0.25, 0.3) is 0 Å². The van der Waals surface area contributed by atoms with Gasteiger partial charge in [-0.05, 0) is 18.9 Å². The number of hydrogen-bond acceptors (Lipinski definition) is 6. The third kappa shape index (κ3) is 2.64. The maximum atomic E-state index is 5.75. The fraction of sp³-hybridized carbons (Fsp3) is 0.778. The molecule has 0 aromatic carbocycles. The van der Waals surface area contributed by atoms with Crippen molar-refractivity contribution in [1.82, 2.24) is 14.5 Å². The van der Waals surface area contributed by atoms with E-state index in [1.54, 1.807) is 7.11 Å². The zero-order valence-corrected chi connectivity index (χ0v) is 9.66. The molecule has 84 valence electrons. The topological polar surface area (TPSA) is 64.3 Å². The van der Waals surface area contributed by atoms with Gasteiger partial charge in [0.15, 0.2) is 0 Å². The molecule has 1 aliphatic heterocycles. The minimum atomic E-state index is 0.655. The van der Waals surface area contributed by atoms with Crippen LogP contribution < -0.4 is 5.73 Å². The Bertz CT molecular complexity index is 317. The van der Waals surface area contributed by atoms with Gasteiger partial charge in [0.1, 0.15) is 10.7 Å². The quantitative estimate of drug-likeness (QED) is 0.817. The number of likely N-dealkylation sites (tertiary alicyclic amines) is 1. The number of nitrogens with two attached hydrogens (primary N) is 1. The first kappa shape index (κ1) is 10.8. The summed E-state index contributed by atoms with van der Waals surface area (Å²) >= 11 is 1.26. The van der Waals surface area contributed by atoms with Crippen LogP contribution in [0.5, 0.6) is 0 Å². The standard InChI is InChI=1S/C9H16N4OS/c1-14-6-7-2-3-13(4-7)5-8-9(10)15-12-11-8/h7H,2-6,10H2,1H3. The average Bonchev–Trinajstić information content (AvgIpc) is 2.79. The van der Waals surface area contributed by atoms with E-state index in [1.807, 2.05) is 0 Å². The van der Waals surface area contributed by atoms with Gasteiger partial charge in [0.25, 0.3) is 0 Å². The second-order valence-corrected chi connectivity index (χ2v) is 4.71. The maximum Gasteiger partial charge on any atom is 0.132 e. The molecule has 1 unspecified atom stereocenters. The van der Waals surface area contributed by atoms with Gasteiger partial charge in [0.05, 0.1) is 6.61 Å². The predicted molar refractivity (Wildman–Crippen MR) is 59.6 cm³/mol. The molecule has 1 atom stereocenters. The molecule has 0 radical (unpaired) electrons. The van der Waals surface area contributed by atoms with Crippen molar-refractivity contribution in [3.8, 4) is 0 Å². The van der Waals surface area contributed by atoms with Crippen molar-refractivity contribution in [2.45, 2.75) is 13.0 Å². The Hall–Kier alpha value is -0.720. The Balaban J connectivity index is 1.85. The highest BCUT2D eigenvalue weighted by atomic mass is 32.1. The van der Waals surface area contributed by atoms with Crippen LogP contribution in [0.3, 0.4) is 0 Å². The molecule has 15 heavy (non-hydrogen) atoms. The van der Waals surface area contributed by atoms with Crippen molar-refractivity contribution < 1.29 is 4.74 Å². The SMILES string of the molecule is COCC1CCN(Cc2nnsc2N)C1. The smallest absolute Gasteiger partial charge is 0.132 e. The summed E-state index contributed by atoms with van der Waals surface area (Å²) in [4.78, 5) is 2.36. The number of rotatable bonds is 4. The number of nitrogen functional groups attached to an aromatic ring is 1. The van der Waals surface area contributed by atoms with E-state index in [4.69, 9.17) is 10.5 Å². The van der Waals surface area contributed by atoms with E-state index in [-0.39, 0.29) is 0 Å². The molecule has 0 bridgehead atoms. The normalized spacial score (nSPS) is 22.3. The van der Waals surface area contributed by atoms with Crippen LogP contribution in [0, 0.1) is 5.92 Å². The summed E-state index contributed by atoms with van der Waals surface area (Å²) in [7, 11) is 1.75. The summed E-state index contributed by atoms with van der Waals surface area (Å²) in [5, 5.41) is 4.76. The lowest BCUT2D eigenvalue weighted by Crippen LogP contribution is -2.22. The van der Waals surface area contributed by atoms with Crippen molar-refractivity contribution in [3.05, 3.63) is 5.69 Å². The second-order valence-electron chi connectivity index (χ2n) is 3.93. The van der Waals surface area contributed by atoms with Gasteiger partial charge in [-0.15, -0.1) is 5.10 Å². The molecule has 0 spiro atoms. The lowest BCUT2D eigenvalue weighted by atomic mass is 10.1. The zero-order valence-electron chi connectivity index (χ0n) is 8.85. The number of anilines is 1. The van der Waals surface area contributed by atoms with Crippen molar-refractivity contribution in [2.24, 2.45) is 5.92 Å². The Kier molecular flexibility index (Phi) is 3.50. The molecule has 1 fully saturated rings. The van der Waals surface area contributed by atoms with Crippen LogP contribution in [-0.2, 0) is 11.3 Å². The van der Waals surface area contributed by atoms with Gasteiger partial charge in [0.2, 0.25) is 0 Å². The third-order valence-electron chi connectivity index (χ3n) is 2.73. The molecule has 0 amide bonds. The molecule has 1 aliphatic rings. The van der Waals surface area contributed by atoms with Gasteiger partial charge in [-0.3, -0.25) is 4.90 Å². The van der Waals surface area contributed by atoms with Gasteiger partial charge in [0, 0.05) is 31.7 Å². The molecule has 0 aliphatic carbocycles. The van der Waals surface area contributed by atoms with Crippen LogP contribution in [0.15, 0.2) is 0 Å². The van der Waals surface area contributed by atoms with Crippen LogP contribution in [-0.4, -0.2) is 41.3 Å². The van der Waals surface area contributed by atoms with Gasteiger partial charge in [-0.25, -0.2) is 0 Å². The van der Waals surface area contributed by atoms with Crippen molar-refractivity contribution >= 4 is 16.5 Å². The molecular weight excluding hydrogens is 212 g/mol. The van der Waals surface area contributed by atoms with Crippen molar-refractivity contribution in [1.29, 1.82) is 0 Å². The molecule has 5 nitrogen and oxygen atoms in total. The van der Waals surface area contributed by atoms with E-state index in [2.05, 4.69) is 14.5 Å². The first-order chi connectivity index (χ1) is 7.29. The maximum absolute atomic E-state index is 5.75. The second kappa shape index (κ2) is 4.87. The van der Waals surface area contributed by atoms with Crippen LogP contribution in [0.4, 0.5) is 5.00 Å². The first-order valence-electron chi connectivity index (χ1n) is 5.07. The molecule has 2 rings (SSSR count). The van der Waals surface area contributed by atoms with Gasteiger partial charge < -0.3 is 10.5 Å². The van der Waals surface area contributed by atoms with Crippen LogP contribution >= 0.6 is 11.5 Å². The van der Waals surface area contributed by atoms with Crippen LogP contribution in [0.1, 0.15) is 12.1 Å². The van der Waals surface area contributed by atoms with E-state index >= 15 is 0 Å². The van der Waals surface area contributed by atoms with Crippen molar-refractivity contribution in [3.63, 3.8) is 0 Å². The highest BCUT2D eigenvalue weighted by Gasteiger charge is 2.23. The molecule has 1 saturated heterocycles. The molecular formula is C9H16N4OS. The number of methoxy groups -OCH3 is 1. The fourth-order valence-electron chi connectivity index (χ4n) is 1.97. The highest BCUT2D eigenvalue weighted by Crippen LogP contribution is 2.21. The Labute approximate surface area is 93.4 Å². The monoisotopic (exact) mass is 228 g/mol. The summed E-state index contributed by atoms with van der Waals surface area (Å²) in [6.07, 6.45) is 1.20. The van der Waals surface area contributed by atoms with Gasteiger partial charge in [-0.1, -0.05) is 4.49 Å². The van der Waals surface area contributed by atoms with Gasteiger partial charge >= 0.3 is 0 Å². The minimum Gasteiger partial charge on any atom is -0.388 e. The molecule has 0 saturated carbocycles. The Morgan fingerprint density at radius 3 is 3.20 bits per heavy atom. The number of aromatic nitrogens is 2. The van der Waals surface area contributed by atoms with Crippen LogP contribution in [0.2, 0.25) is 0 Å². The number of nitrogens with zero attached hydrogens (tertiary/aromatic N) is 3. The molecule has 1 aromatic rings. The summed E-state index contributed by atoms with van der Waals surface area (Å²) < 4.78 is 8.99. The third-order valence-corrected chi connectivity index (χ3v) is 3.33. The summed E-state index contributed by atoms with van der Waals surface area (Å²) in [6, 6.07) is 0. The fourth-order valence-corrected chi connectivity index (χ4v) is 2.40. The largest absolute Gasteiger partial charge is 0.388 e. The lowest BCUT2D eigenvalue weighted by Gasteiger charge is -2.14. The van der Waals surface area contributed by atoms with E-state index in [9.17, 15) is 0 Å². The lowest BCUT2D eigenvalue weighted by molar-refractivity contribution is 0.152. The van der Waals surface area contributed by atoms with E-state index in [0.717, 1.165) is 36.9 Å². The molecule has 1 aromatic heterocycles. The first-order valence-corrected chi connectivity index (χ1v) is 5.85. The van der Waals surface area contributed by atoms with Crippen molar-refractivity contribution in [2.75, 3.05) is 32.5 Å². The number of ether oxygens (including phenoxy) is 1. The molecule has 2 heterocycles. The minimum absolute atomic E-state index is 0.655. The molecule has 6 heteroatoms.